The number of benzene rings is 1. The zero-order valence-electron chi connectivity index (χ0n) is 13.5. The molecule has 2 atom stereocenters. The Kier molecular flexibility index (Phi) is 6.83. The highest BCUT2D eigenvalue weighted by Crippen LogP contribution is 2.05. The SMILES string of the molecule is CC(OCc1ccccc1)C(=O)NCC(C)N1CCOCC1. The van der Waals surface area contributed by atoms with E-state index in [2.05, 4.69) is 17.1 Å². The van der Waals surface area contributed by atoms with Crippen molar-refractivity contribution in [3.05, 3.63) is 35.9 Å². The Bertz CT molecular complexity index is 446. The molecule has 0 aliphatic carbocycles. The Labute approximate surface area is 132 Å². The molecule has 1 aromatic rings. The van der Waals surface area contributed by atoms with Crippen LogP contribution < -0.4 is 5.32 Å². The molecule has 1 N–H and O–H groups in total. The fraction of sp³-hybridized carbons (Fsp3) is 0.588. The van der Waals surface area contributed by atoms with E-state index in [0.29, 0.717) is 19.2 Å². The predicted octanol–water partition coefficient (Wildman–Crippen LogP) is 1.43. The average molecular weight is 306 g/mol. The molecular formula is C17H26N2O3. The minimum atomic E-state index is -0.447. The van der Waals surface area contributed by atoms with Crippen molar-refractivity contribution in [1.82, 2.24) is 10.2 Å². The van der Waals surface area contributed by atoms with Gasteiger partial charge in [0.15, 0.2) is 0 Å². The largest absolute Gasteiger partial charge is 0.379 e. The van der Waals surface area contributed by atoms with E-state index in [-0.39, 0.29) is 5.91 Å². The van der Waals surface area contributed by atoms with E-state index in [0.717, 1.165) is 31.9 Å². The second kappa shape index (κ2) is 8.88. The summed E-state index contributed by atoms with van der Waals surface area (Å²) >= 11 is 0. The highest BCUT2D eigenvalue weighted by atomic mass is 16.5. The van der Waals surface area contributed by atoms with Gasteiger partial charge >= 0.3 is 0 Å². The molecule has 1 aliphatic heterocycles. The topological polar surface area (TPSA) is 50.8 Å². The number of carbonyl (C=O) groups excluding carboxylic acids is 1. The molecule has 1 amide bonds. The number of hydrogen-bond acceptors (Lipinski definition) is 4. The summed E-state index contributed by atoms with van der Waals surface area (Å²) < 4.78 is 11.0. The van der Waals surface area contributed by atoms with Crippen molar-refractivity contribution >= 4 is 5.91 Å². The number of rotatable bonds is 7. The molecular weight excluding hydrogens is 280 g/mol. The van der Waals surface area contributed by atoms with Crippen molar-refractivity contribution in [2.75, 3.05) is 32.8 Å². The van der Waals surface area contributed by atoms with Crippen molar-refractivity contribution in [2.45, 2.75) is 32.6 Å². The molecule has 1 aliphatic rings. The van der Waals surface area contributed by atoms with Crippen LogP contribution >= 0.6 is 0 Å². The van der Waals surface area contributed by atoms with Crippen molar-refractivity contribution < 1.29 is 14.3 Å². The van der Waals surface area contributed by atoms with Crippen molar-refractivity contribution in [2.24, 2.45) is 0 Å². The molecule has 122 valence electrons. The monoisotopic (exact) mass is 306 g/mol. The number of nitrogens with one attached hydrogen (secondary N) is 1. The number of hydrogen-bond donors (Lipinski definition) is 1. The first kappa shape index (κ1) is 16.9. The van der Waals surface area contributed by atoms with Gasteiger partial charge in [0.1, 0.15) is 6.10 Å². The molecule has 2 rings (SSSR count). The van der Waals surface area contributed by atoms with Gasteiger partial charge in [-0.25, -0.2) is 0 Å². The first-order valence-corrected chi connectivity index (χ1v) is 7.92. The predicted molar refractivity (Wildman–Crippen MR) is 85.6 cm³/mol. The lowest BCUT2D eigenvalue weighted by Crippen LogP contribution is -2.48. The van der Waals surface area contributed by atoms with E-state index in [1.165, 1.54) is 0 Å². The van der Waals surface area contributed by atoms with Crippen LogP contribution in [0.4, 0.5) is 0 Å². The maximum atomic E-state index is 12.1. The first-order chi connectivity index (χ1) is 10.7. The standard InChI is InChI=1S/C17H26N2O3/c1-14(19-8-10-21-11-9-19)12-18-17(20)15(2)22-13-16-6-4-3-5-7-16/h3-7,14-15H,8-13H2,1-2H3,(H,18,20). The van der Waals surface area contributed by atoms with Gasteiger partial charge in [0.05, 0.1) is 19.8 Å². The molecule has 1 saturated heterocycles. The molecule has 0 radical (unpaired) electrons. The molecule has 1 fully saturated rings. The van der Waals surface area contributed by atoms with Gasteiger partial charge in [-0.1, -0.05) is 30.3 Å². The van der Waals surface area contributed by atoms with Gasteiger partial charge in [0, 0.05) is 25.7 Å². The van der Waals surface area contributed by atoms with E-state index in [1.54, 1.807) is 6.92 Å². The van der Waals surface area contributed by atoms with E-state index >= 15 is 0 Å². The molecule has 0 spiro atoms. The number of ether oxygens (including phenoxy) is 2. The van der Waals surface area contributed by atoms with E-state index < -0.39 is 6.10 Å². The summed E-state index contributed by atoms with van der Waals surface area (Å²) in [5, 5.41) is 2.97. The van der Waals surface area contributed by atoms with Crippen molar-refractivity contribution in [1.29, 1.82) is 0 Å². The smallest absolute Gasteiger partial charge is 0.248 e. The normalized spacial score (nSPS) is 18.6. The lowest BCUT2D eigenvalue weighted by atomic mass is 10.2. The van der Waals surface area contributed by atoms with Gasteiger partial charge in [-0.2, -0.15) is 0 Å². The third-order valence-electron chi connectivity index (χ3n) is 3.95. The summed E-state index contributed by atoms with van der Waals surface area (Å²) in [4.78, 5) is 14.4. The Balaban J connectivity index is 1.67. The van der Waals surface area contributed by atoms with E-state index in [1.807, 2.05) is 30.3 Å². The minimum Gasteiger partial charge on any atom is -0.379 e. The third kappa shape index (κ3) is 5.40. The van der Waals surface area contributed by atoms with Gasteiger partial charge in [-0.3, -0.25) is 9.69 Å². The molecule has 22 heavy (non-hydrogen) atoms. The first-order valence-electron chi connectivity index (χ1n) is 7.92. The van der Waals surface area contributed by atoms with Crippen LogP contribution in [0.5, 0.6) is 0 Å². The Morgan fingerprint density at radius 2 is 1.95 bits per heavy atom. The van der Waals surface area contributed by atoms with Gasteiger partial charge in [0.2, 0.25) is 5.91 Å². The second-order valence-corrected chi connectivity index (χ2v) is 5.68. The summed E-state index contributed by atoms with van der Waals surface area (Å²) in [6.07, 6.45) is -0.447. The lowest BCUT2D eigenvalue weighted by molar-refractivity contribution is -0.132. The van der Waals surface area contributed by atoms with Crippen LogP contribution in [0.25, 0.3) is 0 Å². The van der Waals surface area contributed by atoms with Crippen molar-refractivity contribution in [3.8, 4) is 0 Å². The zero-order chi connectivity index (χ0) is 15.8. The van der Waals surface area contributed by atoms with Crippen LogP contribution in [0.3, 0.4) is 0 Å². The summed E-state index contributed by atoms with van der Waals surface area (Å²) in [6, 6.07) is 10.2. The van der Waals surface area contributed by atoms with E-state index in [9.17, 15) is 4.79 Å². The summed E-state index contributed by atoms with van der Waals surface area (Å²) in [5.74, 6) is -0.0592. The van der Waals surface area contributed by atoms with Crippen molar-refractivity contribution in [3.63, 3.8) is 0 Å². The van der Waals surface area contributed by atoms with Gasteiger partial charge in [-0.05, 0) is 19.4 Å². The fourth-order valence-corrected chi connectivity index (χ4v) is 2.41. The molecule has 1 aromatic carbocycles. The highest BCUT2D eigenvalue weighted by molar-refractivity contribution is 5.80. The van der Waals surface area contributed by atoms with Crippen LogP contribution in [-0.2, 0) is 20.9 Å². The number of nitrogens with zero attached hydrogens (tertiary/aromatic N) is 1. The van der Waals surface area contributed by atoms with Gasteiger partial charge in [-0.15, -0.1) is 0 Å². The van der Waals surface area contributed by atoms with Gasteiger partial charge in [0.25, 0.3) is 0 Å². The molecule has 5 nitrogen and oxygen atoms in total. The van der Waals surface area contributed by atoms with Crippen LogP contribution in [0, 0.1) is 0 Å². The Morgan fingerprint density at radius 1 is 1.27 bits per heavy atom. The number of morpholine rings is 1. The molecule has 2 unspecified atom stereocenters. The molecule has 0 saturated carbocycles. The van der Waals surface area contributed by atoms with E-state index in [4.69, 9.17) is 9.47 Å². The summed E-state index contributed by atoms with van der Waals surface area (Å²) in [5.41, 5.74) is 1.07. The Hall–Kier alpha value is -1.43. The minimum absolute atomic E-state index is 0.0592. The third-order valence-corrected chi connectivity index (χ3v) is 3.95. The molecule has 0 aromatic heterocycles. The van der Waals surface area contributed by atoms with Crippen LogP contribution in [-0.4, -0.2) is 55.8 Å². The average Bonchev–Trinajstić information content (AvgIpc) is 2.58. The molecule has 5 heteroatoms. The number of carbonyl (C=O) groups is 1. The van der Waals surface area contributed by atoms with Gasteiger partial charge < -0.3 is 14.8 Å². The maximum Gasteiger partial charge on any atom is 0.248 e. The van der Waals surface area contributed by atoms with Crippen LogP contribution in [0.1, 0.15) is 19.4 Å². The molecule has 0 bridgehead atoms. The summed E-state index contributed by atoms with van der Waals surface area (Å²) in [7, 11) is 0. The van der Waals surface area contributed by atoms with Crippen LogP contribution in [0.2, 0.25) is 0 Å². The summed E-state index contributed by atoms with van der Waals surface area (Å²) in [6.45, 7) is 8.41. The fourth-order valence-electron chi connectivity index (χ4n) is 2.41. The zero-order valence-corrected chi connectivity index (χ0v) is 13.5. The molecule has 1 heterocycles. The number of amides is 1. The second-order valence-electron chi connectivity index (χ2n) is 5.68. The Morgan fingerprint density at radius 3 is 2.64 bits per heavy atom. The maximum absolute atomic E-state index is 12.1. The van der Waals surface area contributed by atoms with Crippen LogP contribution in [0.15, 0.2) is 30.3 Å². The highest BCUT2D eigenvalue weighted by Gasteiger charge is 2.19. The lowest BCUT2D eigenvalue weighted by Gasteiger charge is -2.32. The quantitative estimate of drug-likeness (QED) is 0.828.